The van der Waals surface area contributed by atoms with Gasteiger partial charge in [-0.3, -0.25) is 0 Å². The van der Waals surface area contributed by atoms with Crippen LogP contribution in [-0.4, -0.2) is 7.11 Å². The number of ether oxygens (including phenoxy) is 1. The zero-order valence-corrected chi connectivity index (χ0v) is 12.0. The molecule has 106 valence electrons. The summed E-state index contributed by atoms with van der Waals surface area (Å²) in [4.78, 5) is 0. The molecule has 0 fully saturated rings. The largest absolute Gasteiger partial charge is 0 e. The Hall–Kier alpha value is -1.07. The van der Waals surface area contributed by atoms with Crippen molar-refractivity contribution in [2.75, 3.05) is 7.11 Å². The Kier molecular flexibility index (Phi) is 117. The monoisotopic (exact) mass is 316 g/mol. The van der Waals surface area contributed by atoms with Crippen molar-refractivity contribution in [3.8, 4) is 0 Å². The zero-order chi connectivity index (χ0) is 16.5. The SMILES string of the molecule is CO[C]C1=CCCCC1.[C-]#[O+].[C-]#[O+].[C-]#[O+].[C-]#[O+].[C-]#[O+].[Cr]. The standard InChI is InChI=1S/C8H12O.5CO.Cr/c1-9-7-8-5-3-2-4-6-8;5*1-2;/h5H,2-4,6H2,1H3;;;;;;. The zero-order valence-electron chi connectivity index (χ0n) is 10.8. The molecule has 1 rings (SSSR count). The second kappa shape index (κ2) is 64.4. The molecule has 1 aliphatic carbocycles. The van der Waals surface area contributed by atoms with E-state index in [2.05, 4.69) is 45.9 Å². The van der Waals surface area contributed by atoms with Crippen molar-refractivity contribution >= 4 is 0 Å². The van der Waals surface area contributed by atoms with Crippen LogP contribution in [0.3, 0.4) is 0 Å². The van der Waals surface area contributed by atoms with E-state index in [1.54, 1.807) is 7.11 Å². The topological polar surface area (TPSA) is 109 Å². The molecule has 0 heterocycles. The number of rotatable bonds is 2. The summed E-state index contributed by atoms with van der Waals surface area (Å²) < 4.78 is 42.3. The van der Waals surface area contributed by atoms with E-state index in [0.717, 1.165) is 6.42 Å². The number of hydrogen-bond donors (Lipinski definition) is 0. The molecule has 0 aliphatic heterocycles. The van der Waals surface area contributed by atoms with Gasteiger partial charge in [-0.2, -0.15) is 0 Å². The molecule has 2 radical (unpaired) electrons. The van der Waals surface area contributed by atoms with Gasteiger partial charge < -0.3 is 4.74 Å². The second-order valence-electron chi connectivity index (χ2n) is 2.28. The van der Waals surface area contributed by atoms with Gasteiger partial charge in [-0.1, -0.05) is 6.08 Å². The van der Waals surface area contributed by atoms with E-state index in [-0.39, 0.29) is 17.4 Å². The van der Waals surface area contributed by atoms with Crippen LogP contribution in [-0.2, 0) is 45.4 Å². The summed E-state index contributed by atoms with van der Waals surface area (Å²) >= 11 is 0. The first kappa shape index (κ1) is 36.4. The average molecular weight is 316 g/mol. The van der Waals surface area contributed by atoms with Gasteiger partial charge in [-0.15, -0.1) is 0 Å². The molecule has 0 aromatic heterocycles. The van der Waals surface area contributed by atoms with E-state index >= 15 is 0 Å². The summed E-state index contributed by atoms with van der Waals surface area (Å²) in [5.74, 6) is 0. The third kappa shape index (κ3) is 43.6. The van der Waals surface area contributed by atoms with E-state index in [4.69, 9.17) is 28.0 Å². The number of allylic oxidation sites excluding steroid dienone is 1. The molecule has 7 heteroatoms. The summed E-state index contributed by atoms with van der Waals surface area (Å²) in [5, 5.41) is 0. The van der Waals surface area contributed by atoms with E-state index in [9.17, 15) is 0 Å². The Balaban J connectivity index is -0.0000000384. The van der Waals surface area contributed by atoms with E-state index in [1.165, 1.54) is 24.8 Å². The van der Waals surface area contributed by atoms with E-state index < -0.39 is 0 Å². The third-order valence-corrected chi connectivity index (χ3v) is 1.52. The Morgan fingerprint density at radius 2 is 1.30 bits per heavy atom. The molecule has 0 aromatic rings. The Bertz CT molecular complexity index is 240. The second-order valence-corrected chi connectivity index (χ2v) is 2.28. The van der Waals surface area contributed by atoms with Gasteiger partial charge in [0.2, 0.25) is 0 Å². The van der Waals surface area contributed by atoms with Gasteiger partial charge in [-0.25, -0.2) is 0 Å². The molecular formula is C13H12CrO6. The maximum Gasteiger partial charge on any atom is 0 e. The Morgan fingerprint density at radius 1 is 0.900 bits per heavy atom. The predicted molar refractivity (Wildman–Crippen MR) is 56.5 cm³/mol. The molecule has 1 aliphatic rings. The van der Waals surface area contributed by atoms with Gasteiger partial charge in [0.05, 0.1) is 0 Å². The molecule has 0 saturated heterocycles. The molecule has 0 spiro atoms. The molecule has 0 aromatic carbocycles. The van der Waals surface area contributed by atoms with Crippen LogP contribution in [0.2, 0.25) is 0 Å². The fourth-order valence-corrected chi connectivity index (χ4v) is 1.06. The summed E-state index contributed by atoms with van der Waals surface area (Å²) in [6.07, 6.45) is 7.17. The molecule has 0 bridgehead atoms. The predicted octanol–water partition coefficient (Wildman–Crippen LogP) is 1.98. The fraction of sp³-hybridized carbons (Fsp3) is 0.385. The minimum Gasteiger partial charge on any atom is 0 e. The fourth-order valence-electron chi connectivity index (χ4n) is 1.06. The molecule has 0 unspecified atom stereocenters. The van der Waals surface area contributed by atoms with E-state index in [1.807, 2.05) is 0 Å². The van der Waals surface area contributed by atoms with Gasteiger partial charge in [0.1, 0.15) is 0 Å². The number of methoxy groups -OCH3 is 1. The summed E-state index contributed by atoms with van der Waals surface area (Å²) in [7, 11) is 1.65. The minimum absolute atomic E-state index is 0. The van der Waals surface area contributed by atoms with Crippen LogP contribution in [0, 0.1) is 39.9 Å². The Morgan fingerprint density at radius 3 is 1.55 bits per heavy atom. The van der Waals surface area contributed by atoms with Crippen molar-refractivity contribution in [1.29, 1.82) is 0 Å². The first-order valence-electron chi connectivity index (χ1n) is 4.43. The smallest absolute Gasteiger partial charge is 0 e. The summed E-state index contributed by atoms with van der Waals surface area (Å²) in [6, 6.07) is 0. The van der Waals surface area contributed by atoms with Gasteiger partial charge in [0, 0.05) is 24.5 Å². The van der Waals surface area contributed by atoms with Crippen molar-refractivity contribution in [2.24, 2.45) is 0 Å². The molecule has 0 amide bonds. The van der Waals surface area contributed by atoms with Crippen LogP contribution >= 0.6 is 0 Å². The summed E-state index contributed by atoms with van der Waals surface area (Å²) in [6.45, 7) is 25.3. The maximum absolute atomic E-state index is 7.50. The van der Waals surface area contributed by atoms with Crippen molar-refractivity contribution in [2.45, 2.75) is 25.7 Å². The van der Waals surface area contributed by atoms with Crippen LogP contribution in [0.5, 0.6) is 0 Å². The summed E-state index contributed by atoms with van der Waals surface area (Å²) in [5.41, 5.74) is 1.24. The van der Waals surface area contributed by atoms with Crippen molar-refractivity contribution in [3.05, 3.63) is 51.5 Å². The van der Waals surface area contributed by atoms with Gasteiger partial charge in [-0.05, 0) is 31.3 Å². The van der Waals surface area contributed by atoms with Crippen LogP contribution in [0.15, 0.2) is 11.6 Å². The average Bonchev–Trinajstić information content (AvgIpc) is 2.58. The first-order chi connectivity index (χ1) is 9.43. The molecule has 0 saturated carbocycles. The van der Waals surface area contributed by atoms with Crippen LogP contribution in [0.1, 0.15) is 25.7 Å². The molecule has 6 nitrogen and oxygen atoms in total. The quantitative estimate of drug-likeness (QED) is 0.563. The van der Waals surface area contributed by atoms with Crippen LogP contribution in [0.4, 0.5) is 0 Å². The number of hydrogen-bond acceptors (Lipinski definition) is 1. The minimum atomic E-state index is 0. The van der Waals surface area contributed by atoms with Crippen molar-refractivity contribution < 1.29 is 45.4 Å². The molecular weight excluding hydrogens is 304 g/mol. The van der Waals surface area contributed by atoms with Crippen LogP contribution in [0.25, 0.3) is 0 Å². The third-order valence-electron chi connectivity index (χ3n) is 1.52. The van der Waals surface area contributed by atoms with Crippen molar-refractivity contribution in [1.82, 2.24) is 0 Å². The van der Waals surface area contributed by atoms with Crippen molar-refractivity contribution in [3.63, 3.8) is 0 Å². The van der Waals surface area contributed by atoms with Crippen LogP contribution < -0.4 is 0 Å². The van der Waals surface area contributed by atoms with E-state index in [0.29, 0.717) is 0 Å². The van der Waals surface area contributed by atoms with Gasteiger partial charge in [0.15, 0.2) is 6.61 Å². The van der Waals surface area contributed by atoms with Gasteiger partial charge in [0.25, 0.3) is 0 Å². The Labute approximate surface area is 130 Å². The molecule has 0 N–H and O–H groups in total. The normalized spacial score (nSPS) is 9.25. The maximum atomic E-state index is 7.50. The first-order valence-corrected chi connectivity index (χ1v) is 4.43. The molecule has 20 heavy (non-hydrogen) atoms. The van der Waals surface area contributed by atoms with Gasteiger partial charge >= 0.3 is 56.5 Å². The molecule has 0 atom stereocenters.